The Kier molecular flexibility index (Phi) is 3.34. The van der Waals surface area contributed by atoms with Crippen molar-refractivity contribution < 1.29 is 0 Å². The van der Waals surface area contributed by atoms with Crippen molar-refractivity contribution >= 4 is 0 Å². The van der Waals surface area contributed by atoms with Gasteiger partial charge in [0.05, 0.1) is 0 Å². The molecule has 1 heterocycles. The van der Waals surface area contributed by atoms with E-state index in [0.29, 0.717) is 5.41 Å². The van der Waals surface area contributed by atoms with Crippen molar-refractivity contribution in [3.8, 4) is 0 Å². The largest absolute Gasteiger partial charge is 0.296 e. The van der Waals surface area contributed by atoms with Crippen molar-refractivity contribution in [2.24, 2.45) is 5.41 Å². The van der Waals surface area contributed by atoms with Crippen LogP contribution in [-0.4, -0.2) is 17.5 Å². The molecular formula is C15H23N. The summed E-state index contributed by atoms with van der Waals surface area (Å²) in [5, 5.41) is 0. The van der Waals surface area contributed by atoms with E-state index in [0.717, 1.165) is 12.6 Å². The number of likely N-dealkylation sites (tertiary alicyclic amines) is 1. The first kappa shape index (κ1) is 11.7. The van der Waals surface area contributed by atoms with Crippen LogP contribution in [0.1, 0.15) is 39.2 Å². The standard InChI is InChI=1S/C15H23N/c1-15(2,3)14-10-7-11-16(14)12-13-8-5-4-6-9-13/h4-6,8-9,14H,7,10-12H2,1-3H3/t14-/m0/s1. The number of rotatable bonds is 2. The van der Waals surface area contributed by atoms with Gasteiger partial charge in [0.25, 0.3) is 0 Å². The molecule has 0 aromatic heterocycles. The molecule has 1 fully saturated rings. The normalized spacial score (nSPS) is 22.6. The highest BCUT2D eigenvalue weighted by atomic mass is 15.2. The van der Waals surface area contributed by atoms with Crippen LogP contribution in [0.15, 0.2) is 30.3 Å². The van der Waals surface area contributed by atoms with Gasteiger partial charge in [-0.3, -0.25) is 4.90 Å². The number of benzene rings is 1. The average Bonchev–Trinajstić information content (AvgIpc) is 2.67. The lowest BCUT2D eigenvalue weighted by Gasteiger charge is -2.35. The van der Waals surface area contributed by atoms with Crippen molar-refractivity contribution in [3.63, 3.8) is 0 Å². The highest BCUT2D eigenvalue weighted by Crippen LogP contribution is 2.33. The second-order valence-corrected chi connectivity index (χ2v) is 5.98. The first-order valence-corrected chi connectivity index (χ1v) is 6.35. The molecule has 0 saturated carbocycles. The second-order valence-electron chi connectivity index (χ2n) is 5.98. The van der Waals surface area contributed by atoms with E-state index in [1.165, 1.54) is 24.9 Å². The summed E-state index contributed by atoms with van der Waals surface area (Å²) in [5.74, 6) is 0. The molecule has 1 aromatic carbocycles. The maximum Gasteiger partial charge on any atom is 0.0236 e. The van der Waals surface area contributed by atoms with Gasteiger partial charge in [0, 0.05) is 12.6 Å². The predicted molar refractivity (Wildman–Crippen MR) is 69.3 cm³/mol. The van der Waals surface area contributed by atoms with Crippen LogP contribution in [0.5, 0.6) is 0 Å². The Morgan fingerprint density at radius 3 is 2.50 bits per heavy atom. The third-order valence-electron chi connectivity index (χ3n) is 3.59. The zero-order chi connectivity index (χ0) is 11.6. The van der Waals surface area contributed by atoms with E-state index in [1.807, 2.05) is 0 Å². The molecule has 0 spiro atoms. The average molecular weight is 217 g/mol. The lowest BCUT2D eigenvalue weighted by molar-refractivity contribution is 0.134. The molecule has 1 aliphatic heterocycles. The molecular weight excluding hydrogens is 194 g/mol. The molecule has 1 heteroatoms. The molecule has 2 rings (SSSR count). The highest BCUT2D eigenvalue weighted by Gasteiger charge is 2.33. The summed E-state index contributed by atoms with van der Waals surface area (Å²) in [6.45, 7) is 9.46. The minimum Gasteiger partial charge on any atom is -0.296 e. The fraction of sp³-hybridized carbons (Fsp3) is 0.600. The summed E-state index contributed by atoms with van der Waals surface area (Å²) in [7, 11) is 0. The van der Waals surface area contributed by atoms with Gasteiger partial charge in [-0.25, -0.2) is 0 Å². The maximum absolute atomic E-state index is 2.65. The zero-order valence-corrected chi connectivity index (χ0v) is 10.7. The minimum atomic E-state index is 0.408. The van der Waals surface area contributed by atoms with Crippen molar-refractivity contribution in [1.29, 1.82) is 0 Å². The van der Waals surface area contributed by atoms with E-state index in [4.69, 9.17) is 0 Å². The third-order valence-corrected chi connectivity index (χ3v) is 3.59. The minimum absolute atomic E-state index is 0.408. The summed E-state index contributed by atoms with van der Waals surface area (Å²) >= 11 is 0. The second kappa shape index (κ2) is 4.58. The topological polar surface area (TPSA) is 3.24 Å². The van der Waals surface area contributed by atoms with E-state index in [2.05, 4.69) is 56.0 Å². The van der Waals surface area contributed by atoms with Gasteiger partial charge >= 0.3 is 0 Å². The summed E-state index contributed by atoms with van der Waals surface area (Å²) in [6, 6.07) is 11.6. The van der Waals surface area contributed by atoms with Crippen LogP contribution in [0.3, 0.4) is 0 Å². The first-order valence-electron chi connectivity index (χ1n) is 6.35. The molecule has 0 N–H and O–H groups in total. The van der Waals surface area contributed by atoms with E-state index in [9.17, 15) is 0 Å². The van der Waals surface area contributed by atoms with Crippen LogP contribution in [-0.2, 0) is 6.54 Å². The molecule has 16 heavy (non-hydrogen) atoms. The van der Waals surface area contributed by atoms with E-state index < -0.39 is 0 Å². The fourth-order valence-electron chi connectivity index (χ4n) is 2.81. The van der Waals surface area contributed by atoms with E-state index in [-0.39, 0.29) is 0 Å². The van der Waals surface area contributed by atoms with Gasteiger partial charge in [0.15, 0.2) is 0 Å². The van der Waals surface area contributed by atoms with Gasteiger partial charge in [0.2, 0.25) is 0 Å². The van der Waals surface area contributed by atoms with Crippen molar-refractivity contribution in [2.45, 2.75) is 46.2 Å². The van der Waals surface area contributed by atoms with Crippen LogP contribution >= 0.6 is 0 Å². The summed E-state index contributed by atoms with van der Waals surface area (Å²) in [6.07, 6.45) is 2.71. The molecule has 1 aliphatic rings. The molecule has 0 bridgehead atoms. The molecule has 0 radical (unpaired) electrons. The van der Waals surface area contributed by atoms with Gasteiger partial charge in [-0.2, -0.15) is 0 Å². The molecule has 0 aliphatic carbocycles. The van der Waals surface area contributed by atoms with Gasteiger partial charge in [-0.1, -0.05) is 51.1 Å². The monoisotopic (exact) mass is 217 g/mol. The molecule has 0 amide bonds. The molecule has 1 saturated heterocycles. The van der Waals surface area contributed by atoms with Crippen molar-refractivity contribution in [1.82, 2.24) is 4.90 Å². The third kappa shape index (κ3) is 2.65. The Hall–Kier alpha value is -0.820. The predicted octanol–water partition coefficient (Wildman–Crippen LogP) is 3.70. The number of nitrogens with zero attached hydrogens (tertiary/aromatic N) is 1. The quantitative estimate of drug-likeness (QED) is 0.730. The Balaban J connectivity index is 2.05. The van der Waals surface area contributed by atoms with Crippen LogP contribution in [0, 0.1) is 5.41 Å². The Morgan fingerprint density at radius 2 is 1.88 bits per heavy atom. The Morgan fingerprint density at radius 1 is 1.19 bits per heavy atom. The van der Waals surface area contributed by atoms with Crippen LogP contribution in [0.2, 0.25) is 0 Å². The van der Waals surface area contributed by atoms with E-state index in [1.54, 1.807) is 0 Å². The van der Waals surface area contributed by atoms with Gasteiger partial charge in [-0.05, 0) is 30.4 Å². The molecule has 88 valence electrons. The summed E-state index contributed by atoms with van der Waals surface area (Å²) in [5.41, 5.74) is 1.85. The van der Waals surface area contributed by atoms with E-state index >= 15 is 0 Å². The van der Waals surface area contributed by atoms with Crippen LogP contribution in [0.4, 0.5) is 0 Å². The van der Waals surface area contributed by atoms with Crippen LogP contribution < -0.4 is 0 Å². The smallest absolute Gasteiger partial charge is 0.0236 e. The Labute approximate surface area is 99.5 Å². The summed E-state index contributed by atoms with van der Waals surface area (Å²) < 4.78 is 0. The lowest BCUT2D eigenvalue weighted by Crippen LogP contribution is -2.38. The molecule has 1 aromatic rings. The Bertz CT molecular complexity index is 323. The summed E-state index contributed by atoms with van der Waals surface area (Å²) in [4.78, 5) is 2.65. The van der Waals surface area contributed by atoms with Gasteiger partial charge in [0.1, 0.15) is 0 Å². The number of hydrogen-bond donors (Lipinski definition) is 0. The van der Waals surface area contributed by atoms with Gasteiger partial charge in [-0.15, -0.1) is 0 Å². The first-order chi connectivity index (χ1) is 7.57. The number of hydrogen-bond acceptors (Lipinski definition) is 1. The van der Waals surface area contributed by atoms with Crippen molar-refractivity contribution in [2.75, 3.05) is 6.54 Å². The lowest BCUT2D eigenvalue weighted by atomic mass is 9.85. The zero-order valence-electron chi connectivity index (χ0n) is 10.7. The van der Waals surface area contributed by atoms with Crippen molar-refractivity contribution in [3.05, 3.63) is 35.9 Å². The fourth-order valence-corrected chi connectivity index (χ4v) is 2.81. The van der Waals surface area contributed by atoms with Gasteiger partial charge < -0.3 is 0 Å². The molecule has 1 atom stereocenters. The maximum atomic E-state index is 2.65. The molecule has 0 unspecified atom stereocenters. The SMILES string of the molecule is CC(C)(C)[C@@H]1CCCN1Cc1ccccc1. The van der Waals surface area contributed by atoms with Crippen LogP contribution in [0.25, 0.3) is 0 Å². The highest BCUT2D eigenvalue weighted by molar-refractivity contribution is 5.15. The molecule has 1 nitrogen and oxygen atoms in total.